The molecule has 4 nitrogen and oxygen atoms in total. The molecule has 0 radical (unpaired) electrons. The van der Waals surface area contributed by atoms with Crippen molar-refractivity contribution in [3.05, 3.63) is 0 Å². The fraction of sp³-hybridized carbons (Fsp3) is 0.933. The van der Waals surface area contributed by atoms with E-state index in [0.717, 1.165) is 44.9 Å². The van der Waals surface area contributed by atoms with Crippen molar-refractivity contribution in [1.29, 1.82) is 0 Å². The van der Waals surface area contributed by atoms with Gasteiger partial charge in [-0.15, -0.1) is 0 Å². The van der Waals surface area contributed by atoms with Gasteiger partial charge in [0.1, 0.15) is 0 Å². The second-order valence-corrected chi connectivity index (χ2v) is 6.06. The van der Waals surface area contributed by atoms with Crippen molar-refractivity contribution in [2.24, 2.45) is 11.7 Å². The summed E-state index contributed by atoms with van der Waals surface area (Å²) in [5, 5.41) is 3.10. The molecule has 0 spiro atoms. The second kappa shape index (κ2) is 7.25. The highest BCUT2D eigenvalue weighted by atomic mass is 16.1. The molecular formula is C15H29N3O. The van der Waals surface area contributed by atoms with Crippen molar-refractivity contribution in [1.82, 2.24) is 10.2 Å². The summed E-state index contributed by atoms with van der Waals surface area (Å²) in [6, 6.07) is 0.843. The molecule has 19 heavy (non-hydrogen) atoms. The highest BCUT2D eigenvalue weighted by Crippen LogP contribution is 2.26. The summed E-state index contributed by atoms with van der Waals surface area (Å²) < 4.78 is 0. The zero-order valence-electron chi connectivity index (χ0n) is 12.2. The molecule has 0 saturated heterocycles. The minimum atomic E-state index is 0.0403. The van der Waals surface area contributed by atoms with E-state index in [1.54, 1.807) is 0 Å². The molecule has 0 aromatic heterocycles. The molecule has 0 aliphatic heterocycles. The van der Waals surface area contributed by atoms with Gasteiger partial charge in [0.25, 0.3) is 0 Å². The van der Waals surface area contributed by atoms with Crippen LogP contribution in [-0.2, 0) is 4.79 Å². The van der Waals surface area contributed by atoms with Crippen LogP contribution in [0.2, 0.25) is 0 Å². The summed E-state index contributed by atoms with van der Waals surface area (Å²) in [4.78, 5) is 14.7. The summed E-state index contributed by atoms with van der Waals surface area (Å²) in [5.41, 5.74) is 6.12. The number of carbonyl (C=O) groups excluding carboxylic acids is 1. The molecular weight excluding hydrogens is 238 g/mol. The molecule has 110 valence electrons. The van der Waals surface area contributed by atoms with Gasteiger partial charge in [-0.1, -0.05) is 26.2 Å². The fourth-order valence-electron chi connectivity index (χ4n) is 3.15. The van der Waals surface area contributed by atoms with Crippen LogP contribution in [0.4, 0.5) is 0 Å². The van der Waals surface area contributed by atoms with Gasteiger partial charge in [0.15, 0.2) is 0 Å². The third-order valence-corrected chi connectivity index (χ3v) is 4.57. The van der Waals surface area contributed by atoms with Crippen molar-refractivity contribution >= 4 is 5.91 Å². The Kier molecular flexibility index (Phi) is 5.64. The van der Waals surface area contributed by atoms with Gasteiger partial charge in [0.05, 0.1) is 5.92 Å². The van der Waals surface area contributed by atoms with Crippen LogP contribution in [0.15, 0.2) is 0 Å². The van der Waals surface area contributed by atoms with Gasteiger partial charge in [-0.3, -0.25) is 9.69 Å². The van der Waals surface area contributed by atoms with E-state index in [0.29, 0.717) is 0 Å². The number of rotatable bonds is 6. The van der Waals surface area contributed by atoms with Crippen LogP contribution in [0.3, 0.4) is 0 Å². The lowest BCUT2D eigenvalue weighted by molar-refractivity contribution is -0.125. The van der Waals surface area contributed by atoms with Crippen LogP contribution in [0, 0.1) is 5.92 Å². The first kappa shape index (κ1) is 14.8. The van der Waals surface area contributed by atoms with Crippen molar-refractivity contribution < 1.29 is 4.79 Å². The first-order valence-electron chi connectivity index (χ1n) is 7.99. The Bertz CT molecular complexity index is 291. The topological polar surface area (TPSA) is 58.4 Å². The quantitative estimate of drug-likeness (QED) is 0.717. The summed E-state index contributed by atoms with van der Waals surface area (Å²) in [7, 11) is 0. The van der Waals surface area contributed by atoms with E-state index in [4.69, 9.17) is 5.73 Å². The zero-order chi connectivity index (χ0) is 13.7. The molecule has 0 bridgehead atoms. The molecule has 2 fully saturated rings. The van der Waals surface area contributed by atoms with Crippen molar-refractivity contribution in [3.8, 4) is 0 Å². The van der Waals surface area contributed by atoms with Gasteiger partial charge >= 0.3 is 0 Å². The summed E-state index contributed by atoms with van der Waals surface area (Å²) in [5.74, 6) is 0.222. The van der Waals surface area contributed by atoms with Gasteiger partial charge in [0.2, 0.25) is 5.91 Å². The molecule has 0 aromatic carbocycles. The number of carbonyl (C=O) groups is 1. The van der Waals surface area contributed by atoms with E-state index in [-0.39, 0.29) is 17.9 Å². The van der Waals surface area contributed by atoms with Crippen molar-refractivity contribution in [3.63, 3.8) is 0 Å². The van der Waals surface area contributed by atoms with E-state index >= 15 is 0 Å². The molecule has 0 heterocycles. The SMILES string of the molecule is CCN(CCNC(=O)C1CCCCCC1N)C1CC1. The molecule has 2 atom stereocenters. The lowest BCUT2D eigenvalue weighted by atomic mass is 9.94. The standard InChI is InChI=1S/C15H29N3O/c1-2-18(12-8-9-12)11-10-17-15(19)13-6-4-3-5-7-14(13)16/h12-14H,2-11,16H2,1H3,(H,17,19). The summed E-state index contributed by atoms with van der Waals surface area (Å²) in [6.45, 7) is 5.03. The van der Waals surface area contributed by atoms with Crippen molar-refractivity contribution in [2.45, 2.75) is 64.0 Å². The Morgan fingerprint density at radius 3 is 2.63 bits per heavy atom. The number of hydrogen-bond acceptors (Lipinski definition) is 3. The van der Waals surface area contributed by atoms with E-state index in [2.05, 4.69) is 17.1 Å². The maximum atomic E-state index is 12.2. The first-order valence-corrected chi connectivity index (χ1v) is 7.99. The lowest BCUT2D eigenvalue weighted by Crippen LogP contribution is -2.44. The van der Waals surface area contributed by atoms with Gasteiger partial charge in [-0.05, 0) is 32.2 Å². The first-order chi connectivity index (χ1) is 9.22. The number of nitrogens with zero attached hydrogens (tertiary/aromatic N) is 1. The smallest absolute Gasteiger partial charge is 0.224 e. The maximum Gasteiger partial charge on any atom is 0.224 e. The van der Waals surface area contributed by atoms with Crippen LogP contribution in [0.25, 0.3) is 0 Å². The summed E-state index contributed by atoms with van der Waals surface area (Å²) >= 11 is 0. The molecule has 2 aliphatic rings. The maximum absolute atomic E-state index is 12.2. The fourth-order valence-corrected chi connectivity index (χ4v) is 3.15. The lowest BCUT2D eigenvalue weighted by Gasteiger charge is -2.23. The summed E-state index contributed by atoms with van der Waals surface area (Å²) in [6.07, 6.45) is 8.17. The van der Waals surface area contributed by atoms with E-state index < -0.39 is 0 Å². The Hall–Kier alpha value is -0.610. The molecule has 2 unspecified atom stereocenters. The van der Waals surface area contributed by atoms with E-state index in [1.165, 1.54) is 25.7 Å². The van der Waals surface area contributed by atoms with Crippen LogP contribution in [0.5, 0.6) is 0 Å². The third-order valence-electron chi connectivity index (χ3n) is 4.57. The zero-order valence-corrected chi connectivity index (χ0v) is 12.2. The number of nitrogens with one attached hydrogen (secondary N) is 1. The molecule has 2 rings (SSSR count). The van der Waals surface area contributed by atoms with Crippen LogP contribution in [0.1, 0.15) is 51.9 Å². The molecule has 2 aliphatic carbocycles. The van der Waals surface area contributed by atoms with Gasteiger partial charge < -0.3 is 11.1 Å². The number of hydrogen-bond donors (Lipinski definition) is 2. The van der Waals surface area contributed by atoms with Gasteiger partial charge in [-0.2, -0.15) is 0 Å². The molecule has 2 saturated carbocycles. The Balaban J connectivity index is 1.70. The Morgan fingerprint density at radius 1 is 1.21 bits per heavy atom. The highest BCUT2D eigenvalue weighted by Gasteiger charge is 2.29. The van der Waals surface area contributed by atoms with E-state index in [9.17, 15) is 4.79 Å². The molecule has 3 N–H and O–H groups in total. The second-order valence-electron chi connectivity index (χ2n) is 6.06. The molecule has 4 heteroatoms. The van der Waals surface area contributed by atoms with Crippen molar-refractivity contribution in [2.75, 3.05) is 19.6 Å². The van der Waals surface area contributed by atoms with Gasteiger partial charge in [-0.25, -0.2) is 0 Å². The number of nitrogens with two attached hydrogens (primary N) is 1. The average Bonchev–Trinajstić information content (AvgIpc) is 3.22. The minimum absolute atomic E-state index is 0.0403. The van der Waals surface area contributed by atoms with Crippen LogP contribution < -0.4 is 11.1 Å². The number of amides is 1. The van der Waals surface area contributed by atoms with E-state index in [1.807, 2.05) is 0 Å². The minimum Gasteiger partial charge on any atom is -0.355 e. The average molecular weight is 267 g/mol. The third kappa shape index (κ3) is 4.46. The highest BCUT2D eigenvalue weighted by molar-refractivity contribution is 5.79. The normalized spacial score (nSPS) is 28.2. The van der Waals surface area contributed by atoms with Gasteiger partial charge in [0, 0.05) is 25.2 Å². The van der Waals surface area contributed by atoms with Crippen LogP contribution >= 0.6 is 0 Å². The predicted octanol–water partition coefficient (Wildman–Crippen LogP) is 1.49. The largest absolute Gasteiger partial charge is 0.355 e. The monoisotopic (exact) mass is 267 g/mol. The molecule has 1 amide bonds. The Morgan fingerprint density at radius 2 is 1.95 bits per heavy atom. The number of likely N-dealkylation sites (N-methyl/N-ethyl adjacent to an activating group) is 1. The Labute approximate surface area is 117 Å². The van der Waals surface area contributed by atoms with Crippen LogP contribution in [-0.4, -0.2) is 42.5 Å². The molecule has 0 aromatic rings. The predicted molar refractivity (Wildman–Crippen MR) is 77.8 cm³/mol.